The number of nitrogens with zero attached hydrogens (tertiary/aromatic N) is 1. The van der Waals surface area contributed by atoms with Gasteiger partial charge in [0, 0.05) is 15.5 Å². The van der Waals surface area contributed by atoms with Crippen molar-refractivity contribution in [1.29, 1.82) is 0 Å². The fourth-order valence-electron chi connectivity index (χ4n) is 1.68. The standard InChI is InChI=1S/C13H15BrN2S/c1-2-7-16-12(11-5-3-4-8-15-11)13-10(14)6-9-17-13/h3-6,8-9,12,16H,2,7H2,1H3. The van der Waals surface area contributed by atoms with Gasteiger partial charge in [-0.3, -0.25) is 4.98 Å². The van der Waals surface area contributed by atoms with E-state index >= 15 is 0 Å². The zero-order valence-corrected chi connectivity index (χ0v) is 12.1. The van der Waals surface area contributed by atoms with E-state index in [0.717, 1.165) is 23.1 Å². The van der Waals surface area contributed by atoms with Crippen LogP contribution in [-0.4, -0.2) is 11.5 Å². The van der Waals surface area contributed by atoms with Gasteiger partial charge in [-0.2, -0.15) is 0 Å². The highest BCUT2D eigenvalue weighted by Gasteiger charge is 2.18. The SMILES string of the molecule is CCCNC(c1ccccn1)c1sccc1Br. The minimum atomic E-state index is 0.186. The molecule has 0 fully saturated rings. The summed E-state index contributed by atoms with van der Waals surface area (Å²) in [5.41, 5.74) is 1.07. The van der Waals surface area contributed by atoms with Crippen LogP contribution in [-0.2, 0) is 0 Å². The van der Waals surface area contributed by atoms with Crippen molar-refractivity contribution in [3.63, 3.8) is 0 Å². The fourth-order valence-corrected chi connectivity index (χ4v) is 3.37. The van der Waals surface area contributed by atoms with Gasteiger partial charge in [0.15, 0.2) is 0 Å². The third-order valence-electron chi connectivity index (χ3n) is 2.49. The Labute approximate surface area is 114 Å². The van der Waals surface area contributed by atoms with Crippen LogP contribution in [0.2, 0.25) is 0 Å². The van der Waals surface area contributed by atoms with E-state index in [2.05, 4.69) is 50.7 Å². The maximum Gasteiger partial charge on any atom is 0.0856 e. The number of thiophene rings is 1. The number of nitrogens with one attached hydrogen (secondary N) is 1. The van der Waals surface area contributed by atoms with Crippen molar-refractivity contribution >= 4 is 27.3 Å². The lowest BCUT2D eigenvalue weighted by molar-refractivity contribution is 0.592. The average Bonchev–Trinajstić information content (AvgIpc) is 2.78. The molecule has 0 spiro atoms. The molecule has 0 amide bonds. The first-order valence-electron chi connectivity index (χ1n) is 5.70. The minimum absolute atomic E-state index is 0.186. The molecule has 1 N–H and O–H groups in total. The normalized spacial score (nSPS) is 12.6. The number of hydrogen-bond acceptors (Lipinski definition) is 3. The molecule has 2 aromatic rings. The van der Waals surface area contributed by atoms with Gasteiger partial charge < -0.3 is 5.32 Å². The van der Waals surface area contributed by atoms with Crippen LogP contribution in [0, 0.1) is 0 Å². The summed E-state index contributed by atoms with van der Waals surface area (Å²) in [6.45, 7) is 3.16. The third kappa shape index (κ3) is 3.15. The Bertz CT molecular complexity index is 455. The van der Waals surface area contributed by atoms with Gasteiger partial charge in [0.25, 0.3) is 0 Å². The largest absolute Gasteiger partial charge is 0.304 e. The van der Waals surface area contributed by atoms with Gasteiger partial charge in [0.05, 0.1) is 11.7 Å². The lowest BCUT2D eigenvalue weighted by Gasteiger charge is -2.17. The van der Waals surface area contributed by atoms with Crippen molar-refractivity contribution in [2.75, 3.05) is 6.54 Å². The Kier molecular flexibility index (Phi) is 4.71. The molecular formula is C13H15BrN2S. The first-order valence-corrected chi connectivity index (χ1v) is 7.37. The van der Waals surface area contributed by atoms with E-state index in [-0.39, 0.29) is 6.04 Å². The van der Waals surface area contributed by atoms with E-state index in [9.17, 15) is 0 Å². The smallest absolute Gasteiger partial charge is 0.0856 e. The number of halogens is 1. The molecule has 2 aromatic heterocycles. The summed E-state index contributed by atoms with van der Waals surface area (Å²) >= 11 is 5.35. The Hall–Kier alpha value is -0.710. The first kappa shape index (κ1) is 12.7. The summed E-state index contributed by atoms with van der Waals surface area (Å²) in [5.74, 6) is 0. The molecule has 2 nitrogen and oxygen atoms in total. The minimum Gasteiger partial charge on any atom is -0.304 e. The quantitative estimate of drug-likeness (QED) is 0.903. The summed E-state index contributed by atoms with van der Waals surface area (Å²) in [7, 11) is 0. The molecule has 1 atom stereocenters. The summed E-state index contributed by atoms with van der Waals surface area (Å²) in [5, 5.41) is 5.65. The van der Waals surface area contributed by atoms with Crippen LogP contribution >= 0.6 is 27.3 Å². The molecule has 2 heterocycles. The van der Waals surface area contributed by atoms with Gasteiger partial charge in [-0.05, 0) is 52.5 Å². The summed E-state index contributed by atoms with van der Waals surface area (Å²) in [6.07, 6.45) is 2.96. The molecule has 2 rings (SSSR count). The van der Waals surface area contributed by atoms with Crippen LogP contribution in [0.15, 0.2) is 40.3 Å². The molecule has 0 bridgehead atoms. The van der Waals surface area contributed by atoms with E-state index < -0.39 is 0 Å². The molecular weight excluding hydrogens is 296 g/mol. The van der Waals surface area contributed by atoms with E-state index in [1.807, 2.05) is 18.3 Å². The molecule has 1 unspecified atom stereocenters. The zero-order chi connectivity index (χ0) is 12.1. The Balaban J connectivity index is 2.29. The van der Waals surface area contributed by atoms with Gasteiger partial charge in [0.2, 0.25) is 0 Å². The maximum atomic E-state index is 4.45. The van der Waals surface area contributed by atoms with E-state index in [0.29, 0.717) is 0 Å². The maximum absolute atomic E-state index is 4.45. The molecule has 0 aromatic carbocycles. The van der Waals surface area contributed by atoms with E-state index in [1.54, 1.807) is 11.3 Å². The monoisotopic (exact) mass is 310 g/mol. The van der Waals surface area contributed by atoms with Crippen LogP contribution in [0.3, 0.4) is 0 Å². The second-order valence-corrected chi connectivity index (χ2v) is 5.58. The Morgan fingerprint density at radius 3 is 2.88 bits per heavy atom. The zero-order valence-electron chi connectivity index (χ0n) is 9.69. The molecule has 0 aliphatic rings. The predicted molar refractivity (Wildman–Crippen MR) is 76.4 cm³/mol. The average molecular weight is 311 g/mol. The van der Waals surface area contributed by atoms with Gasteiger partial charge in [-0.25, -0.2) is 0 Å². The summed E-state index contributed by atoms with van der Waals surface area (Å²) in [4.78, 5) is 5.74. The van der Waals surface area contributed by atoms with Crippen molar-refractivity contribution in [2.45, 2.75) is 19.4 Å². The van der Waals surface area contributed by atoms with Crippen molar-refractivity contribution in [1.82, 2.24) is 10.3 Å². The van der Waals surface area contributed by atoms with Crippen LogP contribution in [0.5, 0.6) is 0 Å². The second kappa shape index (κ2) is 6.28. The molecule has 0 saturated carbocycles. The predicted octanol–water partition coefficient (Wildman–Crippen LogP) is 3.99. The molecule has 17 heavy (non-hydrogen) atoms. The fraction of sp³-hybridized carbons (Fsp3) is 0.308. The van der Waals surface area contributed by atoms with Crippen LogP contribution in [0.25, 0.3) is 0 Å². The highest BCUT2D eigenvalue weighted by molar-refractivity contribution is 9.10. The van der Waals surface area contributed by atoms with E-state index in [4.69, 9.17) is 0 Å². The van der Waals surface area contributed by atoms with Gasteiger partial charge in [-0.15, -0.1) is 11.3 Å². The van der Waals surface area contributed by atoms with Crippen LogP contribution < -0.4 is 5.32 Å². The lowest BCUT2D eigenvalue weighted by atomic mass is 10.1. The first-order chi connectivity index (χ1) is 8.33. The summed E-state index contributed by atoms with van der Waals surface area (Å²) in [6, 6.07) is 8.32. The summed E-state index contributed by atoms with van der Waals surface area (Å²) < 4.78 is 1.15. The lowest BCUT2D eigenvalue weighted by Crippen LogP contribution is -2.23. The van der Waals surface area contributed by atoms with E-state index in [1.165, 1.54) is 4.88 Å². The molecule has 0 radical (unpaired) electrons. The number of aromatic nitrogens is 1. The number of hydrogen-bond donors (Lipinski definition) is 1. The molecule has 4 heteroatoms. The van der Waals surface area contributed by atoms with Crippen molar-refractivity contribution in [3.8, 4) is 0 Å². The Morgan fingerprint density at radius 1 is 1.41 bits per heavy atom. The van der Waals surface area contributed by atoms with Gasteiger partial charge in [0.1, 0.15) is 0 Å². The Morgan fingerprint density at radius 2 is 2.29 bits per heavy atom. The number of rotatable bonds is 5. The topological polar surface area (TPSA) is 24.9 Å². The van der Waals surface area contributed by atoms with Crippen molar-refractivity contribution in [2.24, 2.45) is 0 Å². The highest BCUT2D eigenvalue weighted by Crippen LogP contribution is 2.32. The van der Waals surface area contributed by atoms with Crippen molar-refractivity contribution in [3.05, 3.63) is 50.9 Å². The number of pyridine rings is 1. The third-order valence-corrected chi connectivity index (χ3v) is 4.42. The van der Waals surface area contributed by atoms with Gasteiger partial charge >= 0.3 is 0 Å². The molecule has 0 saturated heterocycles. The van der Waals surface area contributed by atoms with Gasteiger partial charge in [-0.1, -0.05) is 13.0 Å². The van der Waals surface area contributed by atoms with Crippen molar-refractivity contribution < 1.29 is 0 Å². The second-order valence-electron chi connectivity index (χ2n) is 3.77. The molecule has 0 aliphatic carbocycles. The molecule has 90 valence electrons. The van der Waals surface area contributed by atoms with Crippen LogP contribution in [0.4, 0.5) is 0 Å². The molecule has 0 aliphatic heterocycles. The highest BCUT2D eigenvalue weighted by atomic mass is 79.9. The van der Waals surface area contributed by atoms with Crippen LogP contribution in [0.1, 0.15) is 30.0 Å².